The zero-order chi connectivity index (χ0) is 20.1. The first kappa shape index (κ1) is 19.4. The van der Waals surface area contributed by atoms with Crippen LogP contribution in [0.2, 0.25) is 0 Å². The molecular formula is C24H28N4O. The highest BCUT2D eigenvalue weighted by atomic mass is 16.1. The summed E-state index contributed by atoms with van der Waals surface area (Å²) >= 11 is 0. The van der Waals surface area contributed by atoms with Crippen molar-refractivity contribution >= 4 is 22.8 Å². The first-order chi connectivity index (χ1) is 14.2. The Morgan fingerprint density at radius 2 is 1.76 bits per heavy atom. The summed E-state index contributed by atoms with van der Waals surface area (Å²) in [5.41, 5.74) is 3.14. The van der Waals surface area contributed by atoms with E-state index in [1.807, 2.05) is 36.5 Å². The van der Waals surface area contributed by atoms with Gasteiger partial charge in [-0.05, 0) is 50.3 Å². The van der Waals surface area contributed by atoms with Crippen molar-refractivity contribution in [3.8, 4) is 0 Å². The van der Waals surface area contributed by atoms with Crippen molar-refractivity contribution in [2.45, 2.75) is 38.6 Å². The van der Waals surface area contributed by atoms with Crippen molar-refractivity contribution in [2.75, 3.05) is 18.0 Å². The van der Waals surface area contributed by atoms with Gasteiger partial charge in [-0.15, -0.1) is 0 Å². The molecule has 0 saturated carbocycles. The minimum Gasteiger partial charge on any atom is -0.355 e. The highest BCUT2D eigenvalue weighted by Crippen LogP contribution is 2.23. The highest BCUT2D eigenvalue weighted by Gasteiger charge is 2.26. The summed E-state index contributed by atoms with van der Waals surface area (Å²) in [6.07, 6.45) is 5.49. The van der Waals surface area contributed by atoms with E-state index in [9.17, 15) is 4.79 Å². The molecule has 1 amide bonds. The molecule has 1 aliphatic rings. The predicted molar refractivity (Wildman–Crippen MR) is 117 cm³/mol. The number of para-hydroxylation sites is 2. The summed E-state index contributed by atoms with van der Waals surface area (Å²) in [6.45, 7) is 3.77. The lowest BCUT2D eigenvalue weighted by molar-refractivity contribution is -0.126. The molecular weight excluding hydrogens is 360 g/mol. The van der Waals surface area contributed by atoms with Gasteiger partial charge in [0, 0.05) is 25.0 Å². The number of nitrogens with one attached hydrogen (secondary N) is 1. The second-order valence-corrected chi connectivity index (χ2v) is 7.91. The van der Waals surface area contributed by atoms with Crippen LogP contribution in [0.15, 0.2) is 60.8 Å². The third-order valence-electron chi connectivity index (χ3n) is 5.72. The van der Waals surface area contributed by atoms with Crippen LogP contribution in [0, 0.1) is 5.92 Å². The number of aromatic nitrogens is 2. The van der Waals surface area contributed by atoms with E-state index < -0.39 is 0 Å². The quantitative estimate of drug-likeness (QED) is 0.694. The van der Waals surface area contributed by atoms with Crippen LogP contribution in [0.1, 0.15) is 31.7 Å². The third-order valence-corrected chi connectivity index (χ3v) is 5.72. The molecule has 5 nitrogen and oxygen atoms in total. The van der Waals surface area contributed by atoms with Crippen LogP contribution < -0.4 is 10.2 Å². The molecule has 2 aromatic carbocycles. The van der Waals surface area contributed by atoms with Gasteiger partial charge in [0.15, 0.2) is 0 Å². The summed E-state index contributed by atoms with van der Waals surface area (Å²) in [5, 5.41) is 3.21. The van der Waals surface area contributed by atoms with E-state index in [1.54, 1.807) is 0 Å². The fraction of sp³-hybridized carbons (Fsp3) is 0.375. The van der Waals surface area contributed by atoms with Gasteiger partial charge in [0.2, 0.25) is 5.91 Å². The Balaban J connectivity index is 1.26. The fourth-order valence-corrected chi connectivity index (χ4v) is 3.93. The van der Waals surface area contributed by atoms with Gasteiger partial charge in [0.1, 0.15) is 5.82 Å². The Morgan fingerprint density at radius 3 is 2.52 bits per heavy atom. The van der Waals surface area contributed by atoms with E-state index >= 15 is 0 Å². The summed E-state index contributed by atoms with van der Waals surface area (Å²) < 4.78 is 0. The van der Waals surface area contributed by atoms with Crippen molar-refractivity contribution in [3.63, 3.8) is 0 Å². The van der Waals surface area contributed by atoms with Crippen LogP contribution in [0.25, 0.3) is 11.0 Å². The molecule has 0 aliphatic carbocycles. The molecule has 5 heteroatoms. The number of rotatable bonds is 6. The molecule has 1 N–H and O–H groups in total. The molecule has 1 aliphatic heterocycles. The summed E-state index contributed by atoms with van der Waals surface area (Å²) in [7, 11) is 0. The van der Waals surface area contributed by atoms with Gasteiger partial charge < -0.3 is 10.2 Å². The molecule has 4 rings (SSSR count). The van der Waals surface area contributed by atoms with Crippen molar-refractivity contribution < 1.29 is 4.79 Å². The van der Waals surface area contributed by atoms with Crippen molar-refractivity contribution in [1.29, 1.82) is 0 Å². The number of piperidine rings is 1. The van der Waals surface area contributed by atoms with E-state index in [0.717, 1.165) is 55.6 Å². The molecule has 150 valence electrons. The Bertz CT molecular complexity index is 951. The molecule has 3 aromatic rings. The molecule has 29 heavy (non-hydrogen) atoms. The van der Waals surface area contributed by atoms with Crippen LogP contribution in [0.4, 0.5) is 5.82 Å². The van der Waals surface area contributed by atoms with Crippen LogP contribution in [-0.4, -0.2) is 35.0 Å². The van der Waals surface area contributed by atoms with Gasteiger partial charge >= 0.3 is 0 Å². The molecule has 1 saturated heterocycles. The first-order valence-corrected chi connectivity index (χ1v) is 10.5. The Labute approximate surface area is 172 Å². The fourth-order valence-electron chi connectivity index (χ4n) is 3.93. The first-order valence-electron chi connectivity index (χ1n) is 10.5. The second-order valence-electron chi connectivity index (χ2n) is 7.91. The third kappa shape index (κ3) is 4.91. The smallest absolute Gasteiger partial charge is 0.223 e. The lowest BCUT2D eigenvalue weighted by atomic mass is 9.95. The number of carbonyl (C=O) groups excluding carboxylic acids is 1. The van der Waals surface area contributed by atoms with Gasteiger partial charge in [-0.3, -0.25) is 9.78 Å². The second kappa shape index (κ2) is 9.03. The standard InChI is InChI=1S/C24H28N4O/c1-18(11-12-19-7-3-2-4-8-19)26-24(29)20-13-15-28(16-14-20)23-17-25-21-9-5-6-10-22(21)27-23/h2-10,17-18,20H,11-16H2,1H3,(H,26,29)/t18-/m1/s1. The van der Waals surface area contributed by atoms with Crippen molar-refractivity contribution in [1.82, 2.24) is 15.3 Å². The summed E-state index contributed by atoms with van der Waals surface area (Å²) in [5.74, 6) is 1.17. The largest absolute Gasteiger partial charge is 0.355 e. The van der Waals surface area contributed by atoms with Gasteiger partial charge in [0.05, 0.1) is 17.2 Å². The normalized spacial score (nSPS) is 16.0. The average Bonchev–Trinajstić information content (AvgIpc) is 2.78. The maximum atomic E-state index is 12.7. The van der Waals surface area contributed by atoms with Gasteiger partial charge in [-0.2, -0.15) is 0 Å². The van der Waals surface area contributed by atoms with Gasteiger partial charge in [-0.1, -0.05) is 42.5 Å². The zero-order valence-electron chi connectivity index (χ0n) is 16.9. The molecule has 0 radical (unpaired) electrons. The zero-order valence-corrected chi connectivity index (χ0v) is 16.9. The summed E-state index contributed by atoms with van der Waals surface area (Å²) in [6, 6.07) is 18.5. The Hall–Kier alpha value is -2.95. The van der Waals surface area contributed by atoms with Crippen molar-refractivity contribution in [3.05, 3.63) is 66.4 Å². The number of nitrogens with zero attached hydrogens (tertiary/aromatic N) is 3. The van der Waals surface area contributed by atoms with Gasteiger partial charge in [0.25, 0.3) is 0 Å². The van der Waals surface area contributed by atoms with Crippen LogP contribution in [-0.2, 0) is 11.2 Å². The maximum absolute atomic E-state index is 12.7. The average molecular weight is 389 g/mol. The minimum atomic E-state index is 0.0823. The number of hydrogen-bond acceptors (Lipinski definition) is 4. The van der Waals surface area contributed by atoms with E-state index in [4.69, 9.17) is 4.98 Å². The number of aryl methyl sites for hydroxylation is 1. The Morgan fingerprint density at radius 1 is 1.07 bits per heavy atom. The number of benzene rings is 2. The lowest BCUT2D eigenvalue weighted by Crippen LogP contribution is -2.43. The van der Waals surface area contributed by atoms with Crippen LogP contribution >= 0.6 is 0 Å². The molecule has 0 bridgehead atoms. The number of hydrogen-bond donors (Lipinski definition) is 1. The van der Waals surface area contributed by atoms with Crippen molar-refractivity contribution in [2.24, 2.45) is 5.92 Å². The molecule has 2 heterocycles. The molecule has 1 aromatic heterocycles. The Kier molecular flexibility index (Phi) is 6.03. The molecule has 0 unspecified atom stereocenters. The molecule has 1 atom stereocenters. The van der Waals surface area contributed by atoms with E-state index in [2.05, 4.69) is 46.4 Å². The highest BCUT2D eigenvalue weighted by molar-refractivity contribution is 5.79. The number of anilines is 1. The maximum Gasteiger partial charge on any atom is 0.223 e. The lowest BCUT2D eigenvalue weighted by Gasteiger charge is -2.32. The predicted octanol–water partition coefficient (Wildman–Crippen LogP) is 3.98. The SMILES string of the molecule is C[C@H](CCc1ccccc1)NC(=O)C1CCN(c2cnc3ccccc3n2)CC1. The van der Waals surface area contributed by atoms with E-state index in [0.29, 0.717) is 0 Å². The topological polar surface area (TPSA) is 58.1 Å². The number of fused-ring (bicyclic) bond motifs is 1. The monoisotopic (exact) mass is 388 g/mol. The number of amides is 1. The number of carbonyl (C=O) groups is 1. The van der Waals surface area contributed by atoms with E-state index in [1.165, 1.54) is 5.56 Å². The summed E-state index contributed by atoms with van der Waals surface area (Å²) in [4.78, 5) is 24.2. The van der Waals surface area contributed by atoms with Crippen LogP contribution in [0.3, 0.4) is 0 Å². The van der Waals surface area contributed by atoms with Crippen LogP contribution in [0.5, 0.6) is 0 Å². The minimum absolute atomic E-state index is 0.0823. The molecule has 0 spiro atoms. The van der Waals surface area contributed by atoms with Gasteiger partial charge in [-0.25, -0.2) is 4.98 Å². The van der Waals surface area contributed by atoms with E-state index in [-0.39, 0.29) is 17.9 Å². The molecule has 1 fully saturated rings.